The van der Waals surface area contributed by atoms with Crippen molar-refractivity contribution >= 4 is 23.2 Å². The van der Waals surface area contributed by atoms with Gasteiger partial charge in [-0.2, -0.15) is 0 Å². The Morgan fingerprint density at radius 2 is 1.96 bits per heavy atom. The summed E-state index contributed by atoms with van der Waals surface area (Å²) in [6.07, 6.45) is 4.36. The van der Waals surface area contributed by atoms with Crippen molar-refractivity contribution < 1.29 is 9.59 Å². The number of carbonyl (C=O) groups is 2. The Morgan fingerprint density at radius 1 is 1.19 bits per heavy atom. The molecule has 136 valence electrons. The van der Waals surface area contributed by atoms with Crippen LogP contribution in [-0.2, 0) is 4.79 Å². The summed E-state index contributed by atoms with van der Waals surface area (Å²) in [7, 11) is 0. The Bertz CT molecular complexity index is 796. The van der Waals surface area contributed by atoms with E-state index in [2.05, 4.69) is 11.4 Å². The van der Waals surface area contributed by atoms with Crippen LogP contribution >= 0.6 is 11.3 Å². The highest BCUT2D eigenvalue weighted by molar-refractivity contribution is 7.10. The third-order valence-corrected chi connectivity index (χ3v) is 6.51. The summed E-state index contributed by atoms with van der Waals surface area (Å²) in [6, 6.07) is 11.7. The Kier molecular flexibility index (Phi) is 4.81. The van der Waals surface area contributed by atoms with Crippen molar-refractivity contribution in [3.63, 3.8) is 0 Å². The van der Waals surface area contributed by atoms with Crippen molar-refractivity contribution in [1.82, 2.24) is 10.2 Å². The van der Waals surface area contributed by atoms with E-state index in [1.165, 1.54) is 0 Å². The van der Waals surface area contributed by atoms with E-state index in [0.29, 0.717) is 12.1 Å². The number of fused-ring (bicyclic) bond motifs is 1. The van der Waals surface area contributed by atoms with Crippen LogP contribution in [0.15, 0.2) is 41.8 Å². The summed E-state index contributed by atoms with van der Waals surface area (Å²) < 4.78 is 0. The monoisotopic (exact) mass is 368 g/mol. The number of amides is 2. The molecule has 0 radical (unpaired) electrons. The number of benzene rings is 1. The van der Waals surface area contributed by atoms with E-state index < -0.39 is 0 Å². The number of carbonyl (C=O) groups excluding carboxylic acids is 2. The Hall–Kier alpha value is -2.14. The third kappa shape index (κ3) is 2.84. The molecule has 0 bridgehead atoms. The van der Waals surface area contributed by atoms with Crippen LogP contribution in [0.1, 0.15) is 65.4 Å². The molecule has 4 nitrogen and oxygen atoms in total. The van der Waals surface area contributed by atoms with Crippen LogP contribution in [0.2, 0.25) is 0 Å². The summed E-state index contributed by atoms with van der Waals surface area (Å²) in [5, 5.41) is 5.03. The zero-order chi connectivity index (χ0) is 18.1. The lowest BCUT2D eigenvalue weighted by atomic mass is 9.80. The van der Waals surface area contributed by atoms with E-state index in [1.807, 2.05) is 47.5 Å². The van der Waals surface area contributed by atoms with Crippen LogP contribution in [0, 0.1) is 0 Å². The van der Waals surface area contributed by atoms with E-state index in [1.54, 1.807) is 11.3 Å². The topological polar surface area (TPSA) is 49.4 Å². The number of nitrogens with zero attached hydrogens (tertiary/aromatic N) is 1. The molecule has 0 spiro atoms. The predicted octanol–water partition coefficient (Wildman–Crippen LogP) is 4.11. The smallest absolute Gasteiger partial charge is 0.254 e. The first kappa shape index (κ1) is 17.3. The second-order valence-corrected chi connectivity index (χ2v) is 8.05. The fraction of sp³-hybridized carbons (Fsp3) is 0.429. The van der Waals surface area contributed by atoms with Crippen molar-refractivity contribution in [1.29, 1.82) is 0 Å². The normalized spacial score (nSPS) is 23.1. The van der Waals surface area contributed by atoms with E-state index in [9.17, 15) is 9.59 Å². The molecule has 1 N–H and O–H groups in total. The summed E-state index contributed by atoms with van der Waals surface area (Å²) in [5.41, 5.74) is 1.54. The van der Waals surface area contributed by atoms with Gasteiger partial charge in [0.1, 0.15) is 0 Å². The summed E-state index contributed by atoms with van der Waals surface area (Å²) in [5.74, 6) is -0.275. The van der Waals surface area contributed by atoms with Gasteiger partial charge in [-0.15, -0.1) is 11.3 Å². The minimum atomic E-state index is -0.358. The van der Waals surface area contributed by atoms with Crippen LogP contribution in [0.3, 0.4) is 0 Å². The van der Waals surface area contributed by atoms with E-state index in [0.717, 1.165) is 36.1 Å². The van der Waals surface area contributed by atoms with Gasteiger partial charge >= 0.3 is 0 Å². The van der Waals surface area contributed by atoms with Gasteiger partial charge in [-0.05, 0) is 42.8 Å². The first-order valence-corrected chi connectivity index (χ1v) is 10.3. The minimum Gasteiger partial charge on any atom is -0.356 e. The molecule has 2 aromatic rings. The fourth-order valence-electron chi connectivity index (χ4n) is 4.46. The fourth-order valence-corrected chi connectivity index (χ4v) is 5.32. The van der Waals surface area contributed by atoms with Crippen LogP contribution in [0.25, 0.3) is 0 Å². The molecule has 1 fully saturated rings. The molecule has 2 aliphatic rings. The van der Waals surface area contributed by atoms with E-state index in [4.69, 9.17) is 0 Å². The molecule has 4 rings (SSSR count). The van der Waals surface area contributed by atoms with Gasteiger partial charge in [0.2, 0.25) is 5.91 Å². The first-order valence-electron chi connectivity index (χ1n) is 9.45. The second kappa shape index (κ2) is 7.23. The number of likely N-dealkylation sites (N-methyl/N-ethyl adjacent to an activating group) is 1. The van der Waals surface area contributed by atoms with Crippen LogP contribution in [0.4, 0.5) is 0 Å². The van der Waals surface area contributed by atoms with Crippen molar-refractivity contribution in [2.75, 3.05) is 6.54 Å². The lowest BCUT2D eigenvalue weighted by Gasteiger charge is -2.44. The molecule has 5 heteroatoms. The summed E-state index contributed by atoms with van der Waals surface area (Å²) in [4.78, 5) is 29.6. The number of hydrogen-bond acceptors (Lipinski definition) is 3. The molecule has 2 amide bonds. The SMILES string of the molecule is CCNC(=O)C1c2ccccc2C(=O)N(C2CCCC2)C1c1cccs1. The van der Waals surface area contributed by atoms with Gasteiger partial charge in [-0.1, -0.05) is 37.1 Å². The quantitative estimate of drug-likeness (QED) is 0.883. The molecular weight excluding hydrogens is 344 g/mol. The van der Waals surface area contributed by atoms with Crippen LogP contribution in [0.5, 0.6) is 0 Å². The van der Waals surface area contributed by atoms with E-state index >= 15 is 0 Å². The standard InChI is InChI=1S/C21H24N2O2S/c1-2-22-20(24)18-15-10-5-6-11-16(15)21(25)23(14-8-3-4-9-14)19(18)17-12-7-13-26-17/h5-7,10-14,18-19H,2-4,8-9H2,1H3,(H,22,24). The third-order valence-electron chi connectivity index (χ3n) is 5.56. The highest BCUT2D eigenvalue weighted by atomic mass is 32.1. The predicted molar refractivity (Wildman–Crippen MR) is 103 cm³/mol. The van der Waals surface area contributed by atoms with Gasteiger partial charge < -0.3 is 10.2 Å². The Labute approximate surface area is 158 Å². The molecule has 1 saturated carbocycles. The molecule has 2 heterocycles. The Morgan fingerprint density at radius 3 is 2.65 bits per heavy atom. The van der Waals surface area contributed by atoms with Crippen LogP contribution < -0.4 is 5.32 Å². The van der Waals surface area contributed by atoms with Gasteiger partial charge in [0, 0.05) is 23.0 Å². The molecule has 2 unspecified atom stereocenters. The molecule has 1 aliphatic heterocycles. The minimum absolute atomic E-state index is 0.00819. The Balaban J connectivity index is 1.88. The lowest BCUT2D eigenvalue weighted by molar-refractivity contribution is -0.124. The maximum Gasteiger partial charge on any atom is 0.254 e. The number of nitrogens with one attached hydrogen (secondary N) is 1. The summed E-state index contributed by atoms with van der Waals surface area (Å²) in [6.45, 7) is 2.53. The first-order chi connectivity index (χ1) is 12.7. The van der Waals surface area contributed by atoms with Crippen molar-refractivity contribution in [3.05, 3.63) is 57.8 Å². The van der Waals surface area contributed by atoms with Gasteiger partial charge in [-0.3, -0.25) is 9.59 Å². The maximum atomic E-state index is 13.4. The molecule has 0 saturated heterocycles. The van der Waals surface area contributed by atoms with Crippen LogP contribution in [-0.4, -0.2) is 29.3 Å². The largest absolute Gasteiger partial charge is 0.356 e. The molecule has 2 atom stereocenters. The highest BCUT2D eigenvalue weighted by Crippen LogP contribution is 2.47. The molecular formula is C21H24N2O2S. The van der Waals surface area contributed by atoms with Gasteiger partial charge in [0.25, 0.3) is 5.91 Å². The summed E-state index contributed by atoms with van der Waals surface area (Å²) >= 11 is 1.63. The van der Waals surface area contributed by atoms with Crippen molar-refractivity contribution in [3.8, 4) is 0 Å². The molecule has 1 aromatic heterocycles. The number of thiophene rings is 1. The van der Waals surface area contributed by atoms with Crippen molar-refractivity contribution in [2.45, 2.75) is 50.6 Å². The number of rotatable bonds is 4. The molecule has 26 heavy (non-hydrogen) atoms. The zero-order valence-corrected chi connectivity index (χ0v) is 15.8. The highest BCUT2D eigenvalue weighted by Gasteiger charge is 2.47. The van der Waals surface area contributed by atoms with Crippen molar-refractivity contribution in [2.24, 2.45) is 0 Å². The maximum absolute atomic E-state index is 13.4. The lowest BCUT2D eigenvalue weighted by Crippen LogP contribution is -2.50. The number of hydrogen-bond donors (Lipinski definition) is 1. The van der Waals surface area contributed by atoms with Gasteiger partial charge in [0.05, 0.1) is 12.0 Å². The van der Waals surface area contributed by atoms with Gasteiger partial charge in [-0.25, -0.2) is 0 Å². The molecule has 1 aliphatic carbocycles. The second-order valence-electron chi connectivity index (χ2n) is 7.07. The average molecular weight is 369 g/mol. The van der Waals surface area contributed by atoms with Gasteiger partial charge in [0.15, 0.2) is 0 Å². The zero-order valence-electron chi connectivity index (χ0n) is 15.0. The average Bonchev–Trinajstić information content (AvgIpc) is 3.35. The molecule has 1 aromatic carbocycles. The van der Waals surface area contributed by atoms with E-state index in [-0.39, 0.29) is 29.8 Å².